The molecule has 2 N–H and O–H groups in total. The van der Waals surface area contributed by atoms with E-state index in [0.29, 0.717) is 24.2 Å². The third kappa shape index (κ3) is 2.09. The van der Waals surface area contributed by atoms with Gasteiger partial charge in [-0.15, -0.1) is 0 Å². The van der Waals surface area contributed by atoms with Gasteiger partial charge in [-0.1, -0.05) is 36.9 Å². The summed E-state index contributed by atoms with van der Waals surface area (Å²) in [5.41, 5.74) is 3.95. The van der Waals surface area contributed by atoms with Crippen LogP contribution in [0.25, 0.3) is 28.2 Å². The van der Waals surface area contributed by atoms with Gasteiger partial charge in [0, 0.05) is 24.2 Å². The summed E-state index contributed by atoms with van der Waals surface area (Å²) >= 11 is 0. The molecule has 0 radical (unpaired) electrons. The highest BCUT2D eigenvalue weighted by Crippen LogP contribution is 2.28. The molecule has 23 heavy (non-hydrogen) atoms. The van der Waals surface area contributed by atoms with Crippen molar-refractivity contribution in [1.82, 2.24) is 14.9 Å². The quantitative estimate of drug-likeness (QED) is 0.715. The molecule has 0 bridgehead atoms. The van der Waals surface area contributed by atoms with Crippen LogP contribution < -0.4 is 5.32 Å². The number of imidazole rings is 1. The van der Waals surface area contributed by atoms with E-state index in [1.807, 2.05) is 42.5 Å². The fraction of sp³-hybridized carbons (Fsp3) is 0.111. The van der Waals surface area contributed by atoms with Crippen LogP contribution in [0.15, 0.2) is 49.0 Å². The third-order valence-corrected chi connectivity index (χ3v) is 4.11. The van der Waals surface area contributed by atoms with Crippen molar-refractivity contribution >= 4 is 22.7 Å². The zero-order valence-electron chi connectivity index (χ0n) is 12.4. The Balaban J connectivity index is 1.94. The van der Waals surface area contributed by atoms with Gasteiger partial charge in [-0.25, -0.2) is 4.98 Å². The summed E-state index contributed by atoms with van der Waals surface area (Å²) in [5, 5.41) is 12.4. The molecule has 114 valence electrons. The highest BCUT2D eigenvalue weighted by molar-refractivity contribution is 6.06. The molecule has 0 saturated carbocycles. The van der Waals surface area contributed by atoms with Crippen molar-refractivity contribution in [1.29, 1.82) is 0 Å². The molecule has 1 aromatic heterocycles. The van der Waals surface area contributed by atoms with Crippen LogP contribution in [0.1, 0.15) is 15.9 Å². The number of hydrogen-bond donors (Lipinski definition) is 2. The number of carbonyl (C=O) groups excluding carboxylic acids is 1. The molecule has 0 atom stereocenters. The van der Waals surface area contributed by atoms with Gasteiger partial charge < -0.3 is 15.0 Å². The number of nitrogens with one attached hydrogen (secondary N) is 1. The molecular weight excluding hydrogens is 290 g/mol. The monoisotopic (exact) mass is 305 g/mol. The van der Waals surface area contributed by atoms with E-state index in [1.54, 1.807) is 0 Å². The standard InChI is InChI=1S/C18H15N3O2/c1-11(22)12-5-7-13(8-6-12)17-20-15-4-2-3-14-16(15)21(17)10-9-19-18(14)23/h2-8,22H,1,9-10H2,(H,19,23). The van der Waals surface area contributed by atoms with Crippen LogP contribution in [0.2, 0.25) is 0 Å². The molecule has 2 heterocycles. The van der Waals surface area contributed by atoms with E-state index in [9.17, 15) is 9.90 Å². The lowest BCUT2D eigenvalue weighted by Gasteiger charge is -2.08. The van der Waals surface area contributed by atoms with Crippen molar-refractivity contribution in [2.45, 2.75) is 6.54 Å². The van der Waals surface area contributed by atoms with Crippen LogP contribution in [0, 0.1) is 0 Å². The van der Waals surface area contributed by atoms with Gasteiger partial charge in [0.05, 0.1) is 16.6 Å². The van der Waals surface area contributed by atoms with Crippen LogP contribution in [0.4, 0.5) is 0 Å². The van der Waals surface area contributed by atoms with Crippen molar-refractivity contribution in [3.05, 3.63) is 60.2 Å². The fourth-order valence-corrected chi connectivity index (χ4v) is 3.00. The summed E-state index contributed by atoms with van der Waals surface area (Å²) < 4.78 is 2.07. The Kier molecular flexibility index (Phi) is 2.94. The molecule has 0 aliphatic carbocycles. The highest BCUT2D eigenvalue weighted by Gasteiger charge is 2.21. The number of carbonyl (C=O) groups is 1. The van der Waals surface area contributed by atoms with Crippen molar-refractivity contribution < 1.29 is 9.90 Å². The van der Waals surface area contributed by atoms with Gasteiger partial charge in [0.2, 0.25) is 0 Å². The van der Waals surface area contributed by atoms with E-state index in [1.165, 1.54) is 0 Å². The van der Waals surface area contributed by atoms with E-state index in [0.717, 1.165) is 22.4 Å². The molecule has 0 unspecified atom stereocenters. The van der Waals surface area contributed by atoms with Gasteiger partial charge in [0.1, 0.15) is 11.6 Å². The number of rotatable bonds is 2. The summed E-state index contributed by atoms with van der Waals surface area (Å²) in [7, 11) is 0. The van der Waals surface area contributed by atoms with Crippen LogP contribution in [0.5, 0.6) is 0 Å². The highest BCUT2D eigenvalue weighted by atomic mass is 16.3. The van der Waals surface area contributed by atoms with Crippen molar-refractivity contribution in [2.75, 3.05) is 6.54 Å². The molecule has 3 aromatic rings. The van der Waals surface area contributed by atoms with Crippen molar-refractivity contribution in [3.63, 3.8) is 0 Å². The second kappa shape index (κ2) is 4.98. The summed E-state index contributed by atoms with van der Waals surface area (Å²) in [6.07, 6.45) is 0. The molecule has 1 aliphatic heterocycles. The molecule has 0 fully saturated rings. The molecule has 1 amide bonds. The molecular formula is C18H15N3O2. The number of amides is 1. The molecule has 2 aromatic carbocycles. The van der Waals surface area contributed by atoms with Crippen LogP contribution in [-0.4, -0.2) is 27.1 Å². The van der Waals surface area contributed by atoms with Gasteiger partial charge in [-0.3, -0.25) is 4.79 Å². The Labute approximate surface area is 132 Å². The van der Waals surface area contributed by atoms with Crippen LogP contribution in [-0.2, 0) is 6.54 Å². The van der Waals surface area contributed by atoms with Gasteiger partial charge in [0.15, 0.2) is 0 Å². The smallest absolute Gasteiger partial charge is 0.253 e. The van der Waals surface area contributed by atoms with Gasteiger partial charge >= 0.3 is 0 Å². The van der Waals surface area contributed by atoms with Gasteiger partial charge in [0.25, 0.3) is 5.91 Å². The minimum atomic E-state index is -0.0623. The SMILES string of the molecule is C=C(O)c1ccc(-c2nc3cccc4c3n2CCNC4=O)cc1. The predicted molar refractivity (Wildman–Crippen MR) is 89.2 cm³/mol. The lowest BCUT2D eigenvalue weighted by atomic mass is 10.1. The second-order valence-corrected chi connectivity index (χ2v) is 5.54. The second-order valence-electron chi connectivity index (χ2n) is 5.54. The van der Waals surface area contributed by atoms with Crippen LogP contribution in [0.3, 0.4) is 0 Å². The zero-order chi connectivity index (χ0) is 16.0. The van der Waals surface area contributed by atoms with E-state index in [-0.39, 0.29) is 11.7 Å². The van der Waals surface area contributed by atoms with Crippen LogP contribution >= 0.6 is 0 Å². The van der Waals surface area contributed by atoms with E-state index in [2.05, 4.69) is 16.5 Å². The minimum Gasteiger partial charge on any atom is -0.508 e. The maximum absolute atomic E-state index is 12.2. The largest absolute Gasteiger partial charge is 0.508 e. The maximum atomic E-state index is 12.2. The number of para-hydroxylation sites is 1. The summed E-state index contributed by atoms with van der Waals surface area (Å²) in [6, 6.07) is 13.0. The third-order valence-electron chi connectivity index (χ3n) is 4.11. The Morgan fingerprint density at radius 1 is 1.22 bits per heavy atom. The van der Waals surface area contributed by atoms with Crippen molar-refractivity contribution in [2.24, 2.45) is 0 Å². The van der Waals surface area contributed by atoms with Crippen molar-refractivity contribution in [3.8, 4) is 11.4 Å². The lowest BCUT2D eigenvalue weighted by Crippen LogP contribution is -2.24. The Hall–Kier alpha value is -3.08. The number of nitrogens with zero attached hydrogens (tertiary/aromatic N) is 2. The van der Waals surface area contributed by atoms with E-state index < -0.39 is 0 Å². The Bertz CT molecular complexity index is 939. The minimum absolute atomic E-state index is 0.0417. The zero-order valence-corrected chi connectivity index (χ0v) is 12.4. The van der Waals surface area contributed by atoms with E-state index >= 15 is 0 Å². The number of aromatic nitrogens is 2. The molecule has 1 aliphatic rings. The number of benzene rings is 2. The Morgan fingerprint density at radius 2 is 2.00 bits per heavy atom. The number of aliphatic hydroxyl groups excluding tert-OH is 1. The number of hydrogen-bond acceptors (Lipinski definition) is 3. The lowest BCUT2D eigenvalue weighted by molar-refractivity contribution is 0.0956. The summed E-state index contributed by atoms with van der Waals surface area (Å²) in [5.74, 6) is 0.798. The number of aliphatic hydroxyl groups is 1. The fourth-order valence-electron chi connectivity index (χ4n) is 3.00. The average Bonchev–Trinajstić information content (AvgIpc) is 2.84. The molecule has 5 heteroatoms. The molecule has 4 rings (SSSR count). The summed E-state index contributed by atoms with van der Waals surface area (Å²) in [6.45, 7) is 4.76. The predicted octanol–water partition coefficient (Wildman–Crippen LogP) is 2.98. The molecule has 0 saturated heterocycles. The van der Waals surface area contributed by atoms with Gasteiger partial charge in [-0.2, -0.15) is 0 Å². The average molecular weight is 305 g/mol. The first-order chi connectivity index (χ1) is 11.1. The normalized spacial score (nSPS) is 13.7. The topological polar surface area (TPSA) is 67.2 Å². The molecule has 5 nitrogen and oxygen atoms in total. The first-order valence-corrected chi connectivity index (χ1v) is 7.41. The first kappa shape index (κ1) is 13.6. The maximum Gasteiger partial charge on any atom is 0.253 e. The van der Waals surface area contributed by atoms with E-state index in [4.69, 9.17) is 4.98 Å². The molecule has 0 spiro atoms. The first-order valence-electron chi connectivity index (χ1n) is 7.41. The Morgan fingerprint density at radius 3 is 2.74 bits per heavy atom. The van der Waals surface area contributed by atoms with Gasteiger partial charge in [-0.05, 0) is 12.1 Å². The summed E-state index contributed by atoms with van der Waals surface area (Å²) in [4.78, 5) is 16.9.